The van der Waals surface area contributed by atoms with Gasteiger partial charge in [-0.1, -0.05) is 15.9 Å². The summed E-state index contributed by atoms with van der Waals surface area (Å²) in [6.45, 7) is 0.208. The Morgan fingerprint density at radius 2 is 2.24 bits per heavy atom. The van der Waals surface area contributed by atoms with E-state index in [9.17, 15) is 14.9 Å². The first-order chi connectivity index (χ1) is 10.0. The number of nitrogens with zero attached hydrogens (tertiary/aromatic N) is 1. The van der Waals surface area contributed by atoms with Gasteiger partial charge in [0.15, 0.2) is 0 Å². The average Bonchev–Trinajstić information content (AvgIpc) is 2.93. The summed E-state index contributed by atoms with van der Waals surface area (Å²) < 4.78 is 10.4. The van der Waals surface area contributed by atoms with Crippen molar-refractivity contribution in [2.75, 3.05) is 12.4 Å². The summed E-state index contributed by atoms with van der Waals surface area (Å²) in [6.07, 6.45) is 1.28. The Morgan fingerprint density at radius 3 is 2.90 bits per heavy atom. The van der Waals surface area contributed by atoms with Crippen molar-refractivity contribution >= 4 is 33.3 Å². The summed E-state index contributed by atoms with van der Waals surface area (Å²) in [5.41, 5.74) is 0.600. The predicted octanol–water partition coefficient (Wildman–Crippen LogP) is 3.35. The van der Waals surface area contributed by atoms with Gasteiger partial charge in [0.25, 0.3) is 5.69 Å². The van der Waals surface area contributed by atoms with Crippen molar-refractivity contribution in [3.63, 3.8) is 0 Å². The molecule has 0 radical (unpaired) electrons. The van der Waals surface area contributed by atoms with Gasteiger partial charge in [-0.2, -0.15) is 0 Å². The van der Waals surface area contributed by atoms with Crippen molar-refractivity contribution in [1.82, 2.24) is 0 Å². The van der Waals surface area contributed by atoms with Crippen molar-refractivity contribution in [2.45, 2.75) is 6.54 Å². The molecule has 0 unspecified atom stereocenters. The Labute approximate surface area is 128 Å². The molecule has 0 bridgehead atoms. The first kappa shape index (κ1) is 15.0. The number of hydrogen-bond acceptors (Lipinski definition) is 6. The largest absolute Gasteiger partial charge is 0.467 e. The molecule has 0 saturated heterocycles. The molecule has 0 amide bonds. The van der Waals surface area contributed by atoms with Crippen LogP contribution in [-0.2, 0) is 11.3 Å². The van der Waals surface area contributed by atoms with Crippen LogP contribution >= 0.6 is 15.9 Å². The molecule has 2 aromatic rings. The lowest BCUT2D eigenvalue weighted by molar-refractivity contribution is -0.384. The highest BCUT2D eigenvalue weighted by atomic mass is 79.9. The van der Waals surface area contributed by atoms with Crippen LogP contribution in [0.2, 0.25) is 0 Å². The lowest BCUT2D eigenvalue weighted by atomic mass is 10.2. The summed E-state index contributed by atoms with van der Waals surface area (Å²) in [5, 5.41) is 13.9. The van der Waals surface area contributed by atoms with Gasteiger partial charge in [-0.25, -0.2) is 4.79 Å². The van der Waals surface area contributed by atoms with Crippen molar-refractivity contribution in [3.05, 3.63) is 56.4 Å². The number of hydrogen-bond donors (Lipinski definition) is 1. The Kier molecular flexibility index (Phi) is 4.59. The lowest BCUT2D eigenvalue weighted by Crippen LogP contribution is -2.02. The molecular weight excluding hydrogens is 344 g/mol. The lowest BCUT2D eigenvalue weighted by Gasteiger charge is -2.05. The Hall–Kier alpha value is -2.35. The first-order valence-electron chi connectivity index (χ1n) is 5.85. The molecule has 0 aliphatic rings. The molecule has 1 aromatic carbocycles. The smallest absolute Gasteiger partial charge is 0.341 e. The summed E-state index contributed by atoms with van der Waals surface area (Å²) >= 11 is 3.19. The highest BCUT2D eigenvalue weighted by Crippen LogP contribution is 2.28. The summed E-state index contributed by atoms with van der Waals surface area (Å²) in [5.74, 6) is -0.0350. The van der Waals surface area contributed by atoms with Crippen molar-refractivity contribution in [3.8, 4) is 0 Å². The van der Waals surface area contributed by atoms with Crippen LogP contribution in [0.15, 0.2) is 39.4 Å². The van der Waals surface area contributed by atoms with Crippen LogP contribution in [0, 0.1) is 10.1 Å². The van der Waals surface area contributed by atoms with Gasteiger partial charge < -0.3 is 14.5 Å². The minimum absolute atomic E-state index is 0.0517. The number of furan rings is 1. The second-order valence-corrected chi connectivity index (χ2v) is 4.98. The standard InChI is InChI=1S/C13H11BrN2O5/c1-20-13(17)8-4-10(21-7-8)6-15-11-3-2-9(14)5-12(11)16(18)19/h2-5,7,15H,6H2,1H3. The van der Waals surface area contributed by atoms with E-state index in [1.165, 1.54) is 25.5 Å². The number of anilines is 1. The number of nitro groups is 1. The fraction of sp³-hybridized carbons (Fsp3) is 0.154. The molecule has 0 aliphatic heterocycles. The fourth-order valence-electron chi connectivity index (χ4n) is 1.69. The van der Waals surface area contributed by atoms with Crippen molar-refractivity contribution in [1.29, 1.82) is 0 Å². The van der Waals surface area contributed by atoms with Crippen LogP contribution in [0.3, 0.4) is 0 Å². The molecule has 0 atom stereocenters. The maximum Gasteiger partial charge on any atom is 0.341 e. The minimum Gasteiger partial charge on any atom is -0.467 e. The Balaban J connectivity index is 2.11. The van der Waals surface area contributed by atoms with E-state index in [4.69, 9.17) is 4.42 Å². The molecule has 110 valence electrons. The van der Waals surface area contributed by atoms with Crippen molar-refractivity contribution < 1.29 is 18.9 Å². The molecular formula is C13H11BrN2O5. The Bertz CT molecular complexity index is 683. The minimum atomic E-state index is -0.500. The maximum absolute atomic E-state index is 11.3. The monoisotopic (exact) mass is 354 g/mol. The van der Waals surface area contributed by atoms with E-state index >= 15 is 0 Å². The van der Waals surface area contributed by atoms with Gasteiger partial charge in [0.2, 0.25) is 0 Å². The number of methoxy groups -OCH3 is 1. The zero-order valence-corrected chi connectivity index (χ0v) is 12.5. The molecule has 0 aliphatic carbocycles. The molecule has 7 nitrogen and oxygen atoms in total. The summed E-state index contributed by atoms with van der Waals surface area (Å²) in [6, 6.07) is 6.21. The molecule has 2 rings (SSSR count). The van der Waals surface area contributed by atoms with E-state index in [0.29, 0.717) is 21.5 Å². The van der Waals surface area contributed by atoms with E-state index in [2.05, 4.69) is 26.0 Å². The Morgan fingerprint density at radius 1 is 1.48 bits per heavy atom. The highest BCUT2D eigenvalue weighted by Gasteiger charge is 2.15. The van der Waals surface area contributed by atoms with Crippen LogP contribution in [0.25, 0.3) is 0 Å². The van der Waals surface area contributed by atoms with Crippen LogP contribution in [0.1, 0.15) is 16.1 Å². The fourth-order valence-corrected chi connectivity index (χ4v) is 2.03. The number of halogens is 1. The maximum atomic E-state index is 11.3. The summed E-state index contributed by atoms with van der Waals surface area (Å²) in [7, 11) is 1.28. The number of ether oxygens (including phenoxy) is 1. The third-order valence-electron chi connectivity index (χ3n) is 2.68. The number of carbonyl (C=O) groups excluding carboxylic acids is 1. The normalized spacial score (nSPS) is 10.2. The molecule has 21 heavy (non-hydrogen) atoms. The SMILES string of the molecule is COC(=O)c1coc(CNc2ccc(Br)cc2[N+](=O)[O-])c1. The number of benzene rings is 1. The van der Waals surface area contributed by atoms with Crippen LogP contribution in [-0.4, -0.2) is 18.0 Å². The van der Waals surface area contributed by atoms with Gasteiger partial charge in [-0.3, -0.25) is 10.1 Å². The van der Waals surface area contributed by atoms with Crippen LogP contribution in [0.5, 0.6) is 0 Å². The number of carbonyl (C=O) groups is 1. The average molecular weight is 355 g/mol. The second-order valence-electron chi connectivity index (χ2n) is 4.07. The molecule has 1 N–H and O–H groups in total. The van der Waals surface area contributed by atoms with E-state index in [1.807, 2.05) is 0 Å². The topological polar surface area (TPSA) is 94.6 Å². The zero-order chi connectivity index (χ0) is 15.4. The van der Waals surface area contributed by atoms with E-state index in [0.717, 1.165) is 0 Å². The quantitative estimate of drug-likeness (QED) is 0.502. The van der Waals surface area contributed by atoms with Gasteiger partial charge in [-0.05, 0) is 18.2 Å². The van der Waals surface area contributed by atoms with Crippen molar-refractivity contribution in [2.24, 2.45) is 0 Å². The number of rotatable bonds is 5. The number of esters is 1. The van der Waals surface area contributed by atoms with Gasteiger partial charge >= 0.3 is 5.97 Å². The number of nitrogens with one attached hydrogen (secondary N) is 1. The number of nitro benzene ring substituents is 1. The second kappa shape index (κ2) is 6.40. The summed E-state index contributed by atoms with van der Waals surface area (Å²) in [4.78, 5) is 21.8. The molecule has 0 fully saturated rings. The molecule has 8 heteroatoms. The van der Waals surface area contributed by atoms with E-state index in [1.54, 1.807) is 12.1 Å². The third-order valence-corrected chi connectivity index (χ3v) is 3.18. The van der Waals surface area contributed by atoms with Gasteiger partial charge in [0.05, 0.1) is 24.1 Å². The first-order valence-corrected chi connectivity index (χ1v) is 6.64. The third kappa shape index (κ3) is 3.60. The van der Waals surface area contributed by atoms with Gasteiger partial charge in [-0.15, -0.1) is 0 Å². The van der Waals surface area contributed by atoms with Crippen LogP contribution in [0.4, 0.5) is 11.4 Å². The van der Waals surface area contributed by atoms with E-state index in [-0.39, 0.29) is 12.2 Å². The molecule has 1 heterocycles. The predicted molar refractivity (Wildman–Crippen MR) is 78.2 cm³/mol. The zero-order valence-electron chi connectivity index (χ0n) is 11.0. The highest BCUT2D eigenvalue weighted by molar-refractivity contribution is 9.10. The van der Waals surface area contributed by atoms with Gasteiger partial charge in [0, 0.05) is 10.5 Å². The van der Waals surface area contributed by atoms with Gasteiger partial charge in [0.1, 0.15) is 17.7 Å². The molecule has 1 aromatic heterocycles. The molecule has 0 saturated carbocycles. The van der Waals surface area contributed by atoms with E-state index < -0.39 is 10.9 Å². The van der Waals surface area contributed by atoms with Crippen LogP contribution < -0.4 is 5.32 Å². The molecule has 0 spiro atoms.